The SMILES string of the molecule is CCN(CCC(F)(F)F)C(=O)c1cc2c(s1)-c1ccccc1CC2. The largest absolute Gasteiger partial charge is 0.390 e. The Kier molecular flexibility index (Phi) is 4.67. The third-order valence-corrected chi connectivity index (χ3v) is 5.48. The van der Waals surface area contributed by atoms with Crippen molar-refractivity contribution in [1.29, 1.82) is 0 Å². The topological polar surface area (TPSA) is 20.3 Å². The predicted octanol–water partition coefficient (Wildman–Crippen LogP) is 4.93. The molecule has 0 bridgehead atoms. The molecule has 1 aliphatic carbocycles. The van der Waals surface area contributed by atoms with Crippen LogP contribution in [0.1, 0.15) is 34.1 Å². The smallest absolute Gasteiger partial charge is 0.338 e. The summed E-state index contributed by atoms with van der Waals surface area (Å²) in [5.74, 6) is -0.307. The lowest BCUT2D eigenvalue weighted by atomic mass is 9.91. The lowest BCUT2D eigenvalue weighted by molar-refractivity contribution is -0.136. The minimum atomic E-state index is -4.25. The number of hydrogen-bond acceptors (Lipinski definition) is 2. The molecule has 2 nitrogen and oxygen atoms in total. The van der Waals surface area contributed by atoms with Gasteiger partial charge < -0.3 is 4.90 Å². The maximum atomic E-state index is 12.6. The first-order valence-electron chi connectivity index (χ1n) is 7.96. The first kappa shape index (κ1) is 17.0. The Morgan fingerprint density at radius 3 is 2.62 bits per heavy atom. The van der Waals surface area contributed by atoms with Crippen molar-refractivity contribution in [3.63, 3.8) is 0 Å². The van der Waals surface area contributed by atoms with Gasteiger partial charge in [-0.2, -0.15) is 13.2 Å². The van der Waals surface area contributed by atoms with E-state index < -0.39 is 12.6 Å². The number of hydrogen-bond donors (Lipinski definition) is 0. The van der Waals surface area contributed by atoms with Crippen molar-refractivity contribution in [2.24, 2.45) is 0 Å². The molecule has 1 aliphatic rings. The van der Waals surface area contributed by atoms with Gasteiger partial charge in [0.05, 0.1) is 11.3 Å². The zero-order valence-electron chi connectivity index (χ0n) is 13.3. The molecule has 3 rings (SSSR count). The van der Waals surface area contributed by atoms with Gasteiger partial charge in [0, 0.05) is 18.0 Å². The van der Waals surface area contributed by atoms with Crippen molar-refractivity contribution in [3.05, 3.63) is 46.3 Å². The van der Waals surface area contributed by atoms with Crippen LogP contribution in [0.5, 0.6) is 0 Å². The van der Waals surface area contributed by atoms with Gasteiger partial charge in [-0.25, -0.2) is 0 Å². The van der Waals surface area contributed by atoms with Crippen LogP contribution in [0.15, 0.2) is 30.3 Å². The highest BCUT2D eigenvalue weighted by atomic mass is 32.1. The molecule has 0 aliphatic heterocycles. The number of alkyl halides is 3. The molecule has 24 heavy (non-hydrogen) atoms. The van der Waals surface area contributed by atoms with Crippen LogP contribution in [0.25, 0.3) is 10.4 Å². The first-order valence-corrected chi connectivity index (χ1v) is 8.77. The van der Waals surface area contributed by atoms with Crippen molar-refractivity contribution in [2.75, 3.05) is 13.1 Å². The Bertz CT molecular complexity index is 751. The van der Waals surface area contributed by atoms with Crippen molar-refractivity contribution >= 4 is 17.2 Å². The zero-order valence-corrected chi connectivity index (χ0v) is 14.1. The van der Waals surface area contributed by atoms with E-state index in [9.17, 15) is 18.0 Å². The highest BCUT2D eigenvalue weighted by Crippen LogP contribution is 2.39. The van der Waals surface area contributed by atoms with Crippen molar-refractivity contribution in [2.45, 2.75) is 32.4 Å². The number of thiophene rings is 1. The van der Waals surface area contributed by atoms with Crippen LogP contribution < -0.4 is 0 Å². The molecule has 0 N–H and O–H groups in total. The Morgan fingerprint density at radius 1 is 1.21 bits per heavy atom. The number of nitrogens with zero attached hydrogens (tertiary/aromatic N) is 1. The molecule has 128 valence electrons. The molecule has 1 heterocycles. The number of aryl methyl sites for hydroxylation is 2. The van der Waals surface area contributed by atoms with E-state index in [2.05, 4.69) is 6.07 Å². The Balaban J connectivity index is 1.84. The summed E-state index contributed by atoms with van der Waals surface area (Å²) < 4.78 is 37.3. The molecule has 0 spiro atoms. The van der Waals surface area contributed by atoms with Gasteiger partial charge >= 0.3 is 6.18 Å². The van der Waals surface area contributed by atoms with E-state index in [0.717, 1.165) is 28.8 Å². The Hall–Kier alpha value is -1.82. The first-order chi connectivity index (χ1) is 11.4. The molecule has 6 heteroatoms. The van der Waals surface area contributed by atoms with Gasteiger partial charge in [0.25, 0.3) is 5.91 Å². The molecule has 1 aromatic carbocycles. The summed E-state index contributed by atoms with van der Waals surface area (Å²) in [7, 11) is 0. The summed E-state index contributed by atoms with van der Waals surface area (Å²) in [6, 6.07) is 9.95. The second kappa shape index (κ2) is 6.59. The maximum Gasteiger partial charge on any atom is 0.390 e. The molecule has 0 unspecified atom stereocenters. The van der Waals surface area contributed by atoms with E-state index in [0.29, 0.717) is 4.88 Å². The van der Waals surface area contributed by atoms with E-state index in [1.54, 1.807) is 6.92 Å². The minimum Gasteiger partial charge on any atom is -0.338 e. The molecular formula is C18H18F3NOS. The number of halogens is 3. The highest BCUT2D eigenvalue weighted by Gasteiger charge is 2.30. The van der Waals surface area contributed by atoms with Crippen LogP contribution >= 0.6 is 11.3 Å². The molecule has 2 aromatic rings. The predicted molar refractivity (Wildman–Crippen MR) is 89.4 cm³/mol. The Morgan fingerprint density at radius 2 is 1.92 bits per heavy atom. The summed E-state index contributed by atoms with van der Waals surface area (Å²) in [6.07, 6.45) is -3.42. The third kappa shape index (κ3) is 3.48. The summed E-state index contributed by atoms with van der Waals surface area (Å²) >= 11 is 1.39. The average molecular weight is 353 g/mol. The fourth-order valence-electron chi connectivity index (χ4n) is 3.00. The standard InChI is InChI=1S/C18H18F3NOS/c1-2-22(10-9-18(19,20)21)17(23)15-11-13-8-7-12-5-3-4-6-14(12)16(13)24-15/h3-6,11H,2,7-10H2,1H3. The van der Waals surface area contributed by atoms with Crippen molar-refractivity contribution in [3.8, 4) is 10.4 Å². The quantitative estimate of drug-likeness (QED) is 0.763. The van der Waals surface area contributed by atoms with Gasteiger partial charge in [-0.15, -0.1) is 11.3 Å². The van der Waals surface area contributed by atoms with Crippen LogP contribution in [0.4, 0.5) is 13.2 Å². The molecule has 0 atom stereocenters. The molecule has 0 fully saturated rings. The lowest BCUT2D eigenvalue weighted by Crippen LogP contribution is -2.33. The summed E-state index contributed by atoms with van der Waals surface area (Å²) in [5.41, 5.74) is 3.52. The number of amides is 1. The lowest BCUT2D eigenvalue weighted by Gasteiger charge is -2.20. The number of benzene rings is 1. The van der Waals surface area contributed by atoms with E-state index >= 15 is 0 Å². The number of carbonyl (C=O) groups is 1. The van der Waals surface area contributed by atoms with Crippen molar-refractivity contribution < 1.29 is 18.0 Å². The van der Waals surface area contributed by atoms with Gasteiger partial charge in [0.15, 0.2) is 0 Å². The number of carbonyl (C=O) groups excluding carboxylic acids is 1. The fourth-order valence-corrected chi connectivity index (χ4v) is 4.24. The average Bonchev–Trinajstić information content (AvgIpc) is 2.99. The second-order valence-electron chi connectivity index (χ2n) is 5.87. The highest BCUT2D eigenvalue weighted by molar-refractivity contribution is 7.17. The second-order valence-corrected chi connectivity index (χ2v) is 6.92. The van der Waals surface area contributed by atoms with E-state index in [1.807, 2.05) is 24.3 Å². The number of rotatable bonds is 4. The third-order valence-electron chi connectivity index (χ3n) is 4.28. The van der Waals surface area contributed by atoms with Gasteiger partial charge in [0.1, 0.15) is 0 Å². The van der Waals surface area contributed by atoms with Gasteiger partial charge in [0.2, 0.25) is 0 Å². The molecule has 1 aromatic heterocycles. The van der Waals surface area contributed by atoms with Crippen LogP contribution in [-0.4, -0.2) is 30.1 Å². The van der Waals surface area contributed by atoms with E-state index in [1.165, 1.54) is 21.8 Å². The Labute approximate surface area is 142 Å². The maximum absolute atomic E-state index is 12.6. The van der Waals surface area contributed by atoms with Crippen molar-refractivity contribution in [1.82, 2.24) is 4.90 Å². The normalized spacial score (nSPS) is 13.3. The van der Waals surface area contributed by atoms with Crippen LogP contribution in [0.2, 0.25) is 0 Å². The molecular weight excluding hydrogens is 335 g/mol. The molecule has 0 saturated carbocycles. The van der Waals surface area contributed by atoms with Crippen LogP contribution in [0.3, 0.4) is 0 Å². The van der Waals surface area contributed by atoms with Crippen LogP contribution in [0, 0.1) is 0 Å². The number of fused-ring (bicyclic) bond motifs is 3. The summed E-state index contributed by atoms with van der Waals surface area (Å²) in [6.45, 7) is 1.68. The van der Waals surface area contributed by atoms with E-state index in [-0.39, 0.29) is 19.0 Å². The fraction of sp³-hybridized carbons (Fsp3) is 0.389. The summed E-state index contributed by atoms with van der Waals surface area (Å²) in [4.78, 5) is 15.5. The van der Waals surface area contributed by atoms with Crippen LogP contribution in [-0.2, 0) is 12.8 Å². The molecule has 0 saturated heterocycles. The molecule has 1 amide bonds. The zero-order chi connectivity index (χ0) is 17.3. The monoisotopic (exact) mass is 353 g/mol. The van der Waals surface area contributed by atoms with Gasteiger partial charge in [-0.05, 0) is 42.5 Å². The van der Waals surface area contributed by atoms with E-state index in [4.69, 9.17) is 0 Å². The minimum absolute atomic E-state index is 0.272. The molecule has 0 radical (unpaired) electrons. The van der Waals surface area contributed by atoms with Gasteiger partial charge in [-0.3, -0.25) is 4.79 Å². The van der Waals surface area contributed by atoms with Gasteiger partial charge in [-0.1, -0.05) is 24.3 Å². The summed E-state index contributed by atoms with van der Waals surface area (Å²) in [5, 5.41) is 0.